The highest BCUT2D eigenvalue weighted by atomic mass is 15.1. The van der Waals surface area contributed by atoms with Crippen LogP contribution in [0.25, 0.3) is 0 Å². The standard InChI is InChI=1S/C34H56N2/c1-2-4-7-11-15-19-27-35-29-22-26-34(32-35)24-18-14-10-6-8-12-16-20-28-36-30-21-25-33(31-36)23-17-13-9-5-3-1/h21-22,26,32H,1-20,23-24,27-29,31H2. The molecule has 3 heterocycles. The molecule has 0 radical (unpaired) electrons. The van der Waals surface area contributed by atoms with Crippen LogP contribution in [0.5, 0.6) is 0 Å². The van der Waals surface area contributed by atoms with Gasteiger partial charge in [0.05, 0.1) is 0 Å². The van der Waals surface area contributed by atoms with Crippen molar-refractivity contribution in [2.75, 3.05) is 26.2 Å². The zero-order chi connectivity index (χ0) is 24.9. The summed E-state index contributed by atoms with van der Waals surface area (Å²) in [5, 5.41) is 0. The van der Waals surface area contributed by atoms with Gasteiger partial charge >= 0.3 is 0 Å². The van der Waals surface area contributed by atoms with E-state index in [0.717, 1.165) is 13.1 Å². The third-order valence-corrected chi connectivity index (χ3v) is 8.24. The Morgan fingerprint density at radius 3 is 1.86 bits per heavy atom. The summed E-state index contributed by atoms with van der Waals surface area (Å²) in [4.78, 5) is 2.56. The van der Waals surface area contributed by atoms with E-state index in [9.17, 15) is 0 Å². The fourth-order valence-corrected chi connectivity index (χ4v) is 5.93. The van der Waals surface area contributed by atoms with Crippen molar-refractivity contribution in [2.24, 2.45) is 0 Å². The van der Waals surface area contributed by atoms with Gasteiger partial charge in [0.1, 0.15) is 13.1 Å². The van der Waals surface area contributed by atoms with Crippen LogP contribution in [-0.4, -0.2) is 41.5 Å². The Bertz CT molecular complexity index is 734. The van der Waals surface area contributed by atoms with Crippen molar-refractivity contribution in [1.29, 1.82) is 0 Å². The molecular formula is C34H56N2. The fourth-order valence-electron chi connectivity index (χ4n) is 5.93. The lowest BCUT2D eigenvalue weighted by atomic mass is 10.0. The third-order valence-electron chi connectivity index (χ3n) is 8.24. The van der Waals surface area contributed by atoms with Gasteiger partial charge in [-0.25, -0.2) is 6.08 Å². The zero-order valence-electron chi connectivity index (χ0n) is 23.6. The van der Waals surface area contributed by atoms with E-state index in [1.54, 1.807) is 5.57 Å². The van der Waals surface area contributed by atoms with Gasteiger partial charge in [-0.05, 0) is 37.7 Å². The minimum atomic E-state index is 1.07. The van der Waals surface area contributed by atoms with Gasteiger partial charge in [0.2, 0.25) is 0 Å². The van der Waals surface area contributed by atoms with Gasteiger partial charge in [-0.1, -0.05) is 126 Å². The molecule has 3 aliphatic rings. The van der Waals surface area contributed by atoms with Gasteiger partial charge in [-0.2, -0.15) is 0 Å². The van der Waals surface area contributed by atoms with Crippen LogP contribution < -0.4 is 0 Å². The van der Waals surface area contributed by atoms with E-state index in [1.807, 2.05) is 6.08 Å². The molecule has 3 rings (SSSR count). The Hall–Kier alpha value is -1.53. The van der Waals surface area contributed by atoms with Crippen molar-refractivity contribution < 1.29 is 4.58 Å². The average Bonchev–Trinajstić information content (AvgIpc) is 2.90. The molecular weight excluding hydrogens is 436 g/mol. The van der Waals surface area contributed by atoms with Gasteiger partial charge in [0.15, 0.2) is 0 Å². The first kappa shape index (κ1) is 29.0. The second-order valence-corrected chi connectivity index (χ2v) is 11.6. The predicted octanol–water partition coefficient (Wildman–Crippen LogP) is 9.32. The molecule has 0 fully saturated rings. The van der Waals surface area contributed by atoms with E-state index in [2.05, 4.69) is 39.8 Å². The Kier molecular flexibility index (Phi) is 15.8. The Morgan fingerprint density at radius 1 is 0.639 bits per heavy atom. The highest BCUT2D eigenvalue weighted by Gasteiger charge is 2.07. The van der Waals surface area contributed by atoms with Crippen molar-refractivity contribution in [2.45, 2.75) is 141 Å². The molecule has 0 atom stereocenters. The third kappa shape index (κ3) is 13.7. The molecule has 0 aromatic carbocycles. The second kappa shape index (κ2) is 19.6. The first-order valence-electron chi connectivity index (χ1n) is 16.0. The largest absolute Gasteiger partial charge is 0.373 e. The smallest absolute Gasteiger partial charge is 0.138 e. The van der Waals surface area contributed by atoms with Gasteiger partial charge in [-0.3, -0.25) is 4.58 Å². The molecule has 0 aromatic rings. The Labute approximate surface area is 224 Å². The predicted molar refractivity (Wildman–Crippen MR) is 157 cm³/mol. The van der Waals surface area contributed by atoms with Crippen molar-refractivity contribution in [3.8, 4) is 0 Å². The highest BCUT2D eigenvalue weighted by molar-refractivity contribution is 5.49. The van der Waals surface area contributed by atoms with E-state index < -0.39 is 0 Å². The van der Waals surface area contributed by atoms with Crippen LogP contribution >= 0.6 is 0 Å². The van der Waals surface area contributed by atoms with E-state index >= 15 is 0 Å². The van der Waals surface area contributed by atoms with Gasteiger partial charge in [-0.15, -0.1) is 6.08 Å². The molecule has 0 unspecified atom stereocenters. The molecule has 2 nitrogen and oxygen atoms in total. The van der Waals surface area contributed by atoms with E-state index in [4.69, 9.17) is 0 Å². The van der Waals surface area contributed by atoms with Crippen molar-refractivity contribution in [1.82, 2.24) is 4.90 Å². The Balaban J connectivity index is 1.33. The quantitative estimate of drug-likeness (QED) is 0.241. The molecule has 202 valence electrons. The Morgan fingerprint density at radius 2 is 1.19 bits per heavy atom. The summed E-state index contributed by atoms with van der Waals surface area (Å²) < 4.78 is 2.40. The number of fused-ring (bicyclic) bond motifs is 3. The summed E-state index contributed by atoms with van der Waals surface area (Å²) in [6, 6.07) is 0. The van der Waals surface area contributed by atoms with E-state index in [1.165, 1.54) is 160 Å². The lowest BCUT2D eigenvalue weighted by molar-refractivity contribution is -0.514. The normalized spacial score (nSPS) is 23.8. The lowest BCUT2D eigenvalue weighted by Crippen LogP contribution is -2.21. The van der Waals surface area contributed by atoms with Crippen molar-refractivity contribution in [3.05, 3.63) is 41.7 Å². The minimum absolute atomic E-state index is 1.07. The minimum Gasteiger partial charge on any atom is -0.373 e. The average molecular weight is 493 g/mol. The maximum absolute atomic E-state index is 3.48. The fraction of sp³-hybridized carbons (Fsp3) is 0.765. The first-order valence-corrected chi connectivity index (χ1v) is 16.0. The van der Waals surface area contributed by atoms with Gasteiger partial charge in [0, 0.05) is 25.7 Å². The molecule has 0 saturated heterocycles. The maximum Gasteiger partial charge on any atom is 0.138 e. The van der Waals surface area contributed by atoms with E-state index in [-0.39, 0.29) is 0 Å². The van der Waals surface area contributed by atoms with Crippen LogP contribution in [0.1, 0.15) is 141 Å². The summed E-state index contributed by atoms with van der Waals surface area (Å²) in [5.41, 5.74) is 3.06. The van der Waals surface area contributed by atoms with Crippen LogP contribution in [0.2, 0.25) is 0 Å². The molecule has 0 aromatic heterocycles. The molecule has 3 aliphatic heterocycles. The first-order chi connectivity index (χ1) is 17.9. The number of rotatable bonds is 0. The monoisotopic (exact) mass is 492 g/mol. The molecule has 0 amide bonds. The summed E-state index contributed by atoms with van der Waals surface area (Å²) in [7, 11) is 0. The molecule has 36 heavy (non-hydrogen) atoms. The zero-order valence-corrected chi connectivity index (χ0v) is 23.6. The van der Waals surface area contributed by atoms with Crippen LogP contribution in [-0.2, 0) is 0 Å². The topological polar surface area (TPSA) is 6.25 Å². The molecule has 2 heteroatoms. The summed E-state index contributed by atoms with van der Waals surface area (Å²) in [6.45, 7) is 4.60. The summed E-state index contributed by atoms with van der Waals surface area (Å²) in [5.74, 6) is 3.41. The molecule has 0 spiro atoms. The SMILES string of the molecule is C1=C[C-]=C2CCCCCCCCCCCCCCN3C=C(C=CC3)CCCCCCCCCC[N+]=1C2. The number of allylic oxidation sites excluding steroid dienone is 4. The maximum atomic E-state index is 3.48. The molecule has 0 saturated carbocycles. The second-order valence-electron chi connectivity index (χ2n) is 11.6. The van der Waals surface area contributed by atoms with Crippen LogP contribution in [0.15, 0.2) is 35.6 Å². The van der Waals surface area contributed by atoms with Crippen LogP contribution in [0.4, 0.5) is 0 Å². The summed E-state index contributed by atoms with van der Waals surface area (Å²) >= 11 is 0. The molecule has 0 aliphatic carbocycles. The van der Waals surface area contributed by atoms with Crippen molar-refractivity contribution >= 4 is 5.87 Å². The number of nitrogens with zero attached hydrogens (tertiary/aromatic N) is 2. The van der Waals surface area contributed by atoms with Crippen molar-refractivity contribution in [3.63, 3.8) is 0 Å². The van der Waals surface area contributed by atoms with Crippen LogP contribution in [0, 0.1) is 6.08 Å². The van der Waals surface area contributed by atoms with Gasteiger partial charge in [0.25, 0.3) is 0 Å². The molecule has 4 bridgehead atoms. The number of hydrogen-bond acceptors (Lipinski definition) is 1. The van der Waals surface area contributed by atoms with Crippen LogP contribution in [0.3, 0.4) is 0 Å². The number of hydrogen-bond donors (Lipinski definition) is 0. The van der Waals surface area contributed by atoms with Gasteiger partial charge < -0.3 is 4.90 Å². The highest BCUT2D eigenvalue weighted by Crippen LogP contribution is 2.19. The lowest BCUT2D eigenvalue weighted by Gasteiger charge is -2.23. The molecule has 0 N–H and O–H groups in total. The summed E-state index contributed by atoms with van der Waals surface area (Å²) in [6.07, 6.45) is 43.3. The van der Waals surface area contributed by atoms with E-state index in [0.29, 0.717) is 0 Å².